The number of carbonyl (C=O) groups excluding carboxylic acids is 3. The van der Waals surface area contributed by atoms with Crippen molar-refractivity contribution in [2.24, 2.45) is 0 Å². The van der Waals surface area contributed by atoms with Crippen LogP contribution in [-0.4, -0.2) is 47.8 Å². The summed E-state index contributed by atoms with van der Waals surface area (Å²) in [4.78, 5) is 42.3. The predicted octanol–water partition coefficient (Wildman–Crippen LogP) is 2.39. The maximum atomic E-state index is 12.6. The Balaban J connectivity index is 2.05. The van der Waals surface area contributed by atoms with E-state index in [1.807, 2.05) is 18.2 Å². The summed E-state index contributed by atoms with van der Waals surface area (Å²) in [5.41, 5.74) is 1.46. The number of esters is 2. The van der Waals surface area contributed by atoms with E-state index in [0.717, 1.165) is 10.6 Å². The minimum absolute atomic E-state index is 0.0365. The van der Waals surface area contributed by atoms with E-state index in [4.69, 9.17) is 14.3 Å². The summed E-state index contributed by atoms with van der Waals surface area (Å²) in [5.74, 6) is -2.06. The van der Waals surface area contributed by atoms with Gasteiger partial charge >= 0.3 is 11.9 Å². The molecule has 2 aromatic carbocycles. The van der Waals surface area contributed by atoms with Crippen molar-refractivity contribution in [1.29, 1.82) is 0 Å². The van der Waals surface area contributed by atoms with Crippen molar-refractivity contribution in [1.82, 2.24) is 5.06 Å². The average molecular weight is 415 g/mol. The number of amides is 1. The number of phenolic OH excluding ortho intramolecular Hbond substituents is 1. The van der Waals surface area contributed by atoms with Gasteiger partial charge in [-0.05, 0) is 30.2 Å². The molecule has 0 saturated heterocycles. The lowest BCUT2D eigenvalue weighted by Gasteiger charge is -2.27. The molecule has 1 atom stereocenters. The SMILES string of the molecule is CCOC(=O)[C@H](Cc1ccc(O)cc1)N(OC)C(=O)CC(=O)OCc1ccccc1. The summed E-state index contributed by atoms with van der Waals surface area (Å²) in [5, 5.41) is 10.3. The maximum absolute atomic E-state index is 12.6. The molecular formula is C22H25NO7. The van der Waals surface area contributed by atoms with Crippen LogP contribution < -0.4 is 0 Å². The standard InChI is InChI=1S/C22H25NO7/c1-3-29-22(27)19(13-16-9-11-18(24)12-10-16)23(28-2)20(25)14-21(26)30-15-17-7-5-4-6-8-17/h4-12,19,24H,3,13-15H2,1-2H3/t19-/m0/s1. The van der Waals surface area contributed by atoms with Gasteiger partial charge in [0.1, 0.15) is 18.8 Å². The third-order valence-corrected chi connectivity index (χ3v) is 4.19. The third kappa shape index (κ3) is 6.89. The van der Waals surface area contributed by atoms with Gasteiger partial charge in [0.25, 0.3) is 5.91 Å². The molecule has 2 aromatic rings. The fourth-order valence-electron chi connectivity index (χ4n) is 2.75. The molecule has 160 valence electrons. The van der Waals surface area contributed by atoms with Gasteiger partial charge in [-0.1, -0.05) is 42.5 Å². The monoisotopic (exact) mass is 415 g/mol. The van der Waals surface area contributed by atoms with Gasteiger partial charge in [0.05, 0.1) is 13.7 Å². The summed E-state index contributed by atoms with van der Waals surface area (Å²) in [6.07, 6.45) is -0.510. The van der Waals surface area contributed by atoms with Crippen LogP contribution >= 0.6 is 0 Å². The number of nitrogens with zero attached hydrogens (tertiary/aromatic N) is 1. The third-order valence-electron chi connectivity index (χ3n) is 4.19. The number of hydrogen-bond acceptors (Lipinski definition) is 7. The predicted molar refractivity (Wildman–Crippen MR) is 107 cm³/mol. The highest BCUT2D eigenvalue weighted by Gasteiger charge is 2.33. The van der Waals surface area contributed by atoms with Crippen molar-refractivity contribution < 1.29 is 33.8 Å². The number of rotatable bonds is 10. The first kappa shape index (κ1) is 22.9. The Hall–Kier alpha value is -3.39. The van der Waals surface area contributed by atoms with Crippen LogP contribution in [0.2, 0.25) is 0 Å². The van der Waals surface area contributed by atoms with E-state index >= 15 is 0 Å². The molecule has 2 rings (SSSR count). The highest BCUT2D eigenvalue weighted by molar-refractivity contribution is 5.95. The molecule has 1 N–H and O–H groups in total. The molecule has 30 heavy (non-hydrogen) atoms. The number of phenols is 1. The van der Waals surface area contributed by atoms with Crippen molar-refractivity contribution in [2.75, 3.05) is 13.7 Å². The Kier molecular flexibility index (Phi) is 8.83. The summed E-state index contributed by atoms with van der Waals surface area (Å²) in [6, 6.07) is 14.1. The summed E-state index contributed by atoms with van der Waals surface area (Å²) >= 11 is 0. The zero-order chi connectivity index (χ0) is 21.9. The molecule has 0 aliphatic heterocycles. The van der Waals surface area contributed by atoms with E-state index in [-0.39, 0.29) is 25.4 Å². The molecule has 0 saturated carbocycles. The van der Waals surface area contributed by atoms with Crippen molar-refractivity contribution in [3.8, 4) is 5.75 Å². The van der Waals surface area contributed by atoms with Gasteiger partial charge in [-0.25, -0.2) is 9.86 Å². The highest BCUT2D eigenvalue weighted by atomic mass is 16.7. The van der Waals surface area contributed by atoms with Crippen molar-refractivity contribution in [3.63, 3.8) is 0 Å². The van der Waals surface area contributed by atoms with Crippen LogP contribution in [-0.2, 0) is 41.7 Å². The highest BCUT2D eigenvalue weighted by Crippen LogP contribution is 2.16. The van der Waals surface area contributed by atoms with Crippen LogP contribution in [0.1, 0.15) is 24.5 Å². The number of ether oxygens (including phenoxy) is 2. The van der Waals surface area contributed by atoms with E-state index < -0.39 is 30.3 Å². The second kappa shape index (κ2) is 11.6. The molecule has 8 nitrogen and oxygen atoms in total. The Morgan fingerprint density at radius 1 is 0.967 bits per heavy atom. The van der Waals surface area contributed by atoms with Gasteiger partial charge < -0.3 is 14.6 Å². The van der Waals surface area contributed by atoms with Gasteiger partial charge in [0.15, 0.2) is 6.04 Å². The number of hydrogen-bond donors (Lipinski definition) is 1. The molecule has 8 heteroatoms. The first-order valence-corrected chi connectivity index (χ1v) is 9.44. The average Bonchev–Trinajstić information content (AvgIpc) is 2.74. The van der Waals surface area contributed by atoms with Crippen LogP contribution in [0, 0.1) is 0 Å². The van der Waals surface area contributed by atoms with Gasteiger partial charge in [0, 0.05) is 6.42 Å². The lowest BCUT2D eigenvalue weighted by Crippen LogP contribution is -2.47. The maximum Gasteiger partial charge on any atom is 0.331 e. The number of hydroxylamine groups is 2. The van der Waals surface area contributed by atoms with Gasteiger partial charge in [0.2, 0.25) is 0 Å². The molecule has 0 unspecified atom stereocenters. The van der Waals surface area contributed by atoms with Crippen molar-refractivity contribution in [2.45, 2.75) is 32.4 Å². The molecule has 0 aromatic heterocycles. The summed E-state index contributed by atoms with van der Waals surface area (Å²) < 4.78 is 10.2. The zero-order valence-electron chi connectivity index (χ0n) is 16.9. The Bertz CT molecular complexity index is 836. The van der Waals surface area contributed by atoms with Crippen LogP contribution in [0.5, 0.6) is 5.75 Å². The van der Waals surface area contributed by atoms with E-state index in [1.165, 1.54) is 19.2 Å². The molecule has 0 fully saturated rings. The molecule has 0 aliphatic carbocycles. The Morgan fingerprint density at radius 2 is 1.63 bits per heavy atom. The Labute approximate surface area is 174 Å². The van der Waals surface area contributed by atoms with Gasteiger partial charge in [-0.15, -0.1) is 0 Å². The topological polar surface area (TPSA) is 102 Å². The van der Waals surface area contributed by atoms with Gasteiger partial charge in [-0.2, -0.15) is 0 Å². The largest absolute Gasteiger partial charge is 0.508 e. The second-order valence-electron chi connectivity index (χ2n) is 6.36. The Morgan fingerprint density at radius 3 is 2.23 bits per heavy atom. The quantitative estimate of drug-likeness (QED) is 0.361. The van der Waals surface area contributed by atoms with E-state index in [0.29, 0.717) is 5.56 Å². The summed E-state index contributed by atoms with van der Waals surface area (Å²) in [6.45, 7) is 1.81. The zero-order valence-corrected chi connectivity index (χ0v) is 16.9. The lowest BCUT2D eigenvalue weighted by molar-refractivity contribution is -0.200. The molecule has 0 aliphatic rings. The smallest absolute Gasteiger partial charge is 0.331 e. The number of aromatic hydroxyl groups is 1. The van der Waals surface area contributed by atoms with Gasteiger partial charge in [-0.3, -0.25) is 14.4 Å². The summed E-state index contributed by atoms with van der Waals surface area (Å²) in [7, 11) is 1.23. The molecular weight excluding hydrogens is 390 g/mol. The molecule has 1 amide bonds. The van der Waals surface area contributed by atoms with Crippen LogP contribution in [0.3, 0.4) is 0 Å². The fraction of sp³-hybridized carbons (Fsp3) is 0.318. The van der Waals surface area contributed by atoms with Crippen molar-refractivity contribution in [3.05, 3.63) is 65.7 Å². The van der Waals surface area contributed by atoms with Crippen LogP contribution in [0.4, 0.5) is 0 Å². The second-order valence-corrected chi connectivity index (χ2v) is 6.36. The van der Waals surface area contributed by atoms with E-state index in [2.05, 4.69) is 0 Å². The minimum atomic E-state index is -1.10. The van der Waals surface area contributed by atoms with E-state index in [9.17, 15) is 19.5 Å². The normalized spacial score (nSPS) is 11.4. The molecule has 0 heterocycles. The number of benzene rings is 2. The molecule has 0 bridgehead atoms. The first-order valence-electron chi connectivity index (χ1n) is 9.44. The molecule has 0 radical (unpaired) electrons. The first-order chi connectivity index (χ1) is 14.4. The minimum Gasteiger partial charge on any atom is -0.508 e. The number of carbonyl (C=O) groups is 3. The van der Waals surface area contributed by atoms with E-state index in [1.54, 1.807) is 31.2 Å². The van der Waals surface area contributed by atoms with Crippen LogP contribution in [0.15, 0.2) is 54.6 Å². The fourth-order valence-corrected chi connectivity index (χ4v) is 2.75. The lowest BCUT2D eigenvalue weighted by atomic mass is 10.1. The molecule has 0 spiro atoms. The van der Waals surface area contributed by atoms with Crippen molar-refractivity contribution >= 4 is 17.8 Å². The van der Waals surface area contributed by atoms with Crippen LogP contribution in [0.25, 0.3) is 0 Å².